The van der Waals surface area contributed by atoms with E-state index in [-0.39, 0.29) is 0 Å². The molecule has 0 amide bonds. The first kappa shape index (κ1) is 13.3. The monoisotopic (exact) mass is 418 g/mol. The largest absolute Gasteiger partial charge is 0.478 e. The van der Waals surface area contributed by atoms with E-state index in [1.54, 1.807) is 17.0 Å². The molecule has 1 N–H and O–H groups in total. The number of carboxylic acids is 1. The van der Waals surface area contributed by atoms with Crippen LogP contribution in [0.3, 0.4) is 0 Å². The molecule has 0 saturated carbocycles. The number of carboxylic acid groups (broad SMARTS) is 1. The Kier molecular flexibility index (Phi) is 4.18. The van der Waals surface area contributed by atoms with Crippen LogP contribution in [-0.2, 0) is 4.79 Å². The van der Waals surface area contributed by atoms with Crippen molar-refractivity contribution in [3.63, 3.8) is 0 Å². The van der Waals surface area contributed by atoms with Gasteiger partial charge in [-0.25, -0.2) is 9.48 Å². The maximum Gasteiger partial charge on any atom is 0.328 e. The molecule has 0 radical (unpaired) electrons. The molecule has 18 heavy (non-hydrogen) atoms. The third-order valence-electron chi connectivity index (χ3n) is 2.21. The highest BCUT2D eigenvalue weighted by molar-refractivity contribution is 14.1. The number of aliphatic carboxylic acids is 1. The van der Waals surface area contributed by atoms with Crippen LogP contribution in [0.25, 0.3) is 11.8 Å². The maximum atomic E-state index is 10.5. The molecule has 1 heterocycles. The van der Waals surface area contributed by atoms with E-state index in [2.05, 4.69) is 43.6 Å². The van der Waals surface area contributed by atoms with Gasteiger partial charge in [-0.2, -0.15) is 5.10 Å². The van der Waals surface area contributed by atoms with Crippen molar-refractivity contribution in [2.75, 3.05) is 0 Å². The lowest BCUT2D eigenvalue weighted by Gasteiger charge is -2.04. The topological polar surface area (TPSA) is 55.1 Å². The summed E-state index contributed by atoms with van der Waals surface area (Å²) in [7, 11) is 0. The van der Waals surface area contributed by atoms with E-state index >= 15 is 0 Å². The van der Waals surface area contributed by atoms with Crippen LogP contribution in [0.5, 0.6) is 0 Å². The summed E-state index contributed by atoms with van der Waals surface area (Å²) in [5.41, 5.74) is 1.72. The second kappa shape index (κ2) is 5.66. The minimum atomic E-state index is -0.965. The summed E-state index contributed by atoms with van der Waals surface area (Å²) >= 11 is 5.61. The van der Waals surface area contributed by atoms with Gasteiger partial charge in [0.15, 0.2) is 0 Å². The van der Waals surface area contributed by atoms with Crippen molar-refractivity contribution < 1.29 is 9.90 Å². The molecule has 0 fully saturated rings. The SMILES string of the molecule is O=C(O)/C=C/c1ccc(-n2cc(I)cn2)cc1Br. The first-order chi connectivity index (χ1) is 8.56. The zero-order chi connectivity index (χ0) is 13.1. The van der Waals surface area contributed by atoms with Crippen LogP contribution in [0.2, 0.25) is 0 Å². The summed E-state index contributed by atoms with van der Waals surface area (Å²) in [5.74, 6) is -0.965. The van der Waals surface area contributed by atoms with Gasteiger partial charge < -0.3 is 5.11 Å². The summed E-state index contributed by atoms with van der Waals surface area (Å²) in [6, 6.07) is 5.62. The Labute approximate surface area is 126 Å². The van der Waals surface area contributed by atoms with E-state index in [4.69, 9.17) is 5.11 Å². The molecule has 1 aromatic carbocycles. The third kappa shape index (κ3) is 3.20. The van der Waals surface area contributed by atoms with Gasteiger partial charge in [0.25, 0.3) is 0 Å². The molecule has 1 aromatic heterocycles. The predicted molar refractivity (Wildman–Crippen MR) is 80.7 cm³/mol. The Morgan fingerprint density at radius 3 is 2.83 bits per heavy atom. The lowest BCUT2D eigenvalue weighted by Crippen LogP contribution is -1.94. The Bertz CT molecular complexity index is 622. The summed E-state index contributed by atoms with van der Waals surface area (Å²) < 4.78 is 3.64. The number of hydrogen-bond acceptors (Lipinski definition) is 2. The molecule has 6 heteroatoms. The molecule has 0 unspecified atom stereocenters. The van der Waals surface area contributed by atoms with Crippen molar-refractivity contribution in [3.8, 4) is 5.69 Å². The minimum Gasteiger partial charge on any atom is -0.478 e. The fourth-order valence-corrected chi connectivity index (χ4v) is 2.28. The minimum absolute atomic E-state index is 0.808. The van der Waals surface area contributed by atoms with Crippen molar-refractivity contribution in [1.29, 1.82) is 0 Å². The summed E-state index contributed by atoms with van der Waals surface area (Å²) in [5, 5.41) is 12.8. The summed E-state index contributed by atoms with van der Waals surface area (Å²) in [6.45, 7) is 0. The van der Waals surface area contributed by atoms with Crippen molar-refractivity contribution in [2.45, 2.75) is 0 Å². The van der Waals surface area contributed by atoms with Crippen LogP contribution in [0.1, 0.15) is 5.56 Å². The molecular formula is C12H8BrIN2O2. The summed E-state index contributed by atoms with van der Waals surface area (Å²) in [4.78, 5) is 10.5. The molecule has 0 bridgehead atoms. The van der Waals surface area contributed by atoms with E-state index in [1.807, 2.05) is 24.4 Å². The second-order valence-corrected chi connectivity index (χ2v) is 5.58. The Morgan fingerprint density at radius 1 is 1.50 bits per heavy atom. The van der Waals surface area contributed by atoms with Crippen molar-refractivity contribution in [2.24, 2.45) is 0 Å². The third-order valence-corrected chi connectivity index (χ3v) is 3.45. The zero-order valence-corrected chi connectivity index (χ0v) is 12.8. The standard InChI is InChI=1S/C12H8BrIN2O2/c13-11-5-10(16-7-9(14)6-15-16)3-1-8(11)2-4-12(17)18/h1-7H,(H,17,18)/b4-2+. The highest BCUT2D eigenvalue weighted by Gasteiger charge is 2.03. The molecule has 4 nitrogen and oxygen atoms in total. The molecule has 0 saturated heterocycles. The average Bonchev–Trinajstić information content (AvgIpc) is 2.74. The molecule has 0 aliphatic rings. The second-order valence-electron chi connectivity index (χ2n) is 3.48. The Hall–Kier alpha value is -1.15. The molecular weight excluding hydrogens is 411 g/mol. The van der Waals surface area contributed by atoms with Crippen LogP contribution in [0, 0.1) is 3.57 Å². The van der Waals surface area contributed by atoms with Crippen LogP contribution in [0.15, 0.2) is 41.1 Å². The van der Waals surface area contributed by atoms with Crippen LogP contribution >= 0.6 is 38.5 Å². The van der Waals surface area contributed by atoms with Crippen molar-refractivity contribution in [1.82, 2.24) is 9.78 Å². The Morgan fingerprint density at radius 2 is 2.28 bits per heavy atom. The number of nitrogens with zero attached hydrogens (tertiary/aromatic N) is 2. The lowest BCUT2D eigenvalue weighted by molar-refractivity contribution is -0.131. The van der Waals surface area contributed by atoms with Crippen LogP contribution in [-0.4, -0.2) is 20.9 Å². The number of rotatable bonds is 3. The van der Waals surface area contributed by atoms with Gasteiger partial charge in [0.1, 0.15) is 0 Å². The van der Waals surface area contributed by atoms with Gasteiger partial charge >= 0.3 is 5.97 Å². The Balaban J connectivity index is 2.33. The van der Waals surface area contributed by atoms with Gasteiger partial charge in [-0.3, -0.25) is 0 Å². The van der Waals surface area contributed by atoms with Gasteiger partial charge in [-0.1, -0.05) is 22.0 Å². The van der Waals surface area contributed by atoms with E-state index in [0.717, 1.165) is 25.4 Å². The van der Waals surface area contributed by atoms with E-state index in [9.17, 15) is 4.79 Å². The van der Waals surface area contributed by atoms with Crippen molar-refractivity contribution in [3.05, 3.63) is 50.3 Å². The van der Waals surface area contributed by atoms with Crippen molar-refractivity contribution >= 4 is 50.6 Å². The fourth-order valence-electron chi connectivity index (χ4n) is 1.40. The number of hydrogen-bond donors (Lipinski definition) is 1. The van der Waals surface area contributed by atoms with E-state index in [1.165, 1.54) is 0 Å². The molecule has 0 aliphatic carbocycles. The first-order valence-corrected chi connectivity index (χ1v) is 6.84. The highest BCUT2D eigenvalue weighted by atomic mass is 127. The first-order valence-electron chi connectivity index (χ1n) is 4.97. The van der Waals surface area contributed by atoms with Gasteiger partial charge in [-0.05, 0) is 46.4 Å². The van der Waals surface area contributed by atoms with Crippen LogP contribution < -0.4 is 0 Å². The molecule has 2 rings (SSSR count). The fraction of sp³-hybridized carbons (Fsp3) is 0. The average molecular weight is 419 g/mol. The number of aromatic nitrogens is 2. The smallest absolute Gasteiger partial charge is 0.328 e. The zero-order valence-electron chi connectivity index (χ0n) is 9.05. The molecule has 0 aliphatic heterocycles. The quantitative estimate of drug-likeness (QED) is 0.614. The molecule has 0 spiro atoms. The molecule has 0 atom stereocenters. The predicted octanol–water partition coefficient (Wildman–Crippen LogP) is 3.34. The maximum absolute atomic E-state index is 10.5. The van der Waals surface area contributed by atoms with Gasteiger partial charge in [0.2, 0.25) is 0 Å². The van der Waals surface area contributed by atoms with Gasteiger partial charge in [0, 0.05) is 16.7 Å². The normalized spacial score (nSPS) is 11.0. The summed E-state index contributed by atoms with van der Waals surface area (Å²) in [6.07, 6.45) is 6.33. The number of benzene rings is 1. The van der Waals surface area contributed by atoms with Gasteiger partial charge in [0.05, 0.1) is 15.5 Å². The molecule has 92 valence electrons. The molecule has 2 aromatic rings. The highest BCUT2D eigenvalue weighted by Crippen LogP contribution is 2.22. The van der Waals surface area contributed by atoms with E-state index < -0.39 is 5.97 Å². The van der Waals surface area contributed by atoms with Crippen LogP contribution in [0.4, 0.5) is 0 Å². The van der Waals surface area contributed by atoms with Gasteiger partial charge in [-0.15, -0.1) is 0 Å². The number of halogens is 2. The number of carbonyl (C=O) groups is 1. The lowest BCUT2D eigenvalue weighted by atomic mass is 10.2. The van der Waals surface area contributed by atoms with E-state index in [0.29, 0.717) is 0 Å².